The molecule has 0 aliphatic carbocycles. The highest BCUT2D eigenvalue weighted by atomic mass is 35.5. The van der Waals surface area contributed by atoms with E-state index >= 15 is 0 Å². The molecule has 2 aromatic rings. The number of benzene rings is 2. The SMILES string of the molecule is O=[N+]([O-])c1ccc(/C=C/CC(Cl)c2ccccc2)cc1. The van der Waals surface area contributed by atoms with Gasteiger partial charge in [0.05, 0.1) is 10.3 Å². The van der Waals surface area contributed by atoms with Gasteiger partial charge in [-0.25, -0.2) is 0 Å². The van der Waals surface area contributed by atoms with Crippen LogP contribution in [0.15, 0.2) is 60.7 Å². The second-order valence-electron chi connectivity index (χ2n) is 4.36. The first-order chi connectivity index (χ1) is 9.66. The van der Waals surface area contributed by atoms with Gasteiger partial charge in [0.25, 0.3) is 5.69 Å². The lowest BCUT2D eigenvalue weighted by Crippen LogP contribution is -1.88. The molecule has 1 unspecified atom stereocenters. The minimum atomic E-state index is -0.405. The van der Waals surface area contributed by atoms with E-state index in [1.165, 1.54) is 12.1 Å². The Morgan fingerprint density at radius 1 is 1.10 bits per heavy atom. The molecule has 0 N–H and O–H groups in total. The van der Waals surface area contributed by atoms with Crippen LogP contribution in [0, 0.1) is 10.1 Å². The number of hydrogen-bond donors (Lipinski definition) is 0. The number of halogens is 1. The Morgan fingerprint density at radius 3 is 2.35 bits per heavy atom. The minimum absolute atomic E-state index is 0.0644. The molecule has 2 rings (SSSR count). The molecule has 0 amide bonds. The summed E-state index contributed by atoms with van der Waals surface area (Å²) in [6, 6.07) is 16.3. The third kappa shape index (κ3) is 3.93. The summed E-state index contributed by atoms with van der Waals surface area (Å²) in [4.78, 5) is 10.1. The van der Waals surface area contributed by atoms with E-state index in [1.807, 2.05) is 42.5 Å². The van der Waals surface area contributed by atoms with Crippen LogP contribution in [0.5, 0.6) is 0 Å². The summed E-state index contributed by atoms with van der Waals surface area (Å²) in [5.74, 6) is 0. The second kappa shape index (κ2) is 6.87. The van der Waals surface area contributed by atoms with Gasteiger partial charge in [-0.3, -0.25) is 10.1 Å². The van der Waals surface area contributed by atoms with Crippen LogP contribution in [-0.4, -0.2) is 4.92 Å². The molecule has 102 valence electrons. The molecule has 20 heavy (non-hydrogen) atoms. The first kappa shape index (κ1) is 14.3. The smallest absolute Gasteiger partial charge is 0.258 e. The maximum Gasteiger partial charge on any atom is 0.269 e. The van der Waals surface area contributed by atoms with Crippen molar-refractivity contribution in [2.24, 2.45) is 0 Å². The van der Waals surface area contributed by atoms with Gasteiger partial charge >= 0.3 is 0 Å². The van der Waals surface area contributed by atoms with E-state index in [0.717, 1.165) is 11.1 Å². The highest BCUT2D eigenvalue weighted by Crippen LogP contribution is 2.24. The third-order valence-electron chi connectivity index (χ3n) is 2.92. The number of rotatable bonds is 5. The summed E-state index contributed by atoms with van der Waals surface area (Å²) in [6.45, 7) is 0. The van der Waals surface area contributed by atoms with Gasteiger partial charge in [0, 0.05) is 12.1 Å². The highest BCUT2D eigenvalue weighted by molar-refractivity contribution is 6.20. The fourth-order valence-corrected chi connectivity index (χ4v) is 2.08. The molecule has 0 aliphatic rings. The average molecular weight is 288 g/mol. The van der Waals surface area contributed by atoms with Crippen LogP contribution in [0.2, 0.25) is 0 Å². The molecule has 0 saturated carbocycles. The monoisotopic (exact) mass is 287 g/mol. The normalized spacial score (nSPS) is 12.4. The van der Waals surface area contributed by atoms with Crippen LogP contribution in [0.1, 0.15) is 22.9 Å². The van der Waals surface area contributed by atoms with E-state index < -0.39 is 4.92 Å². The average Bonchev–Trinajstić information content (AvgIpc) is 2.48. The molecule has 0 heterocycles. The van der Waals surface area contributed by atoms with E-state index in [4.69, 9.17) is 11.6 Å². The molecule has 0 bridgehead atoms. The van der Waals surface area contributed by atoms with Gasteiger partial charge in [-0.05, 0) is 29.7 Å². The summed E-state index contributed by atoms with van der Waals surface area (Å²) in [5, 5.41) is 10.5. The van der Waals surface area contributed by atoms with E-state index in [9.17, 15) is 10.1 Å². The van der Waals surface area contributed by atoms with Crippen LogP contribution in [0.4, 0.5) is 5.69 Å². The summed E-state index contributed by atoms with van der Waals surface area (Å²) in [7, 11) is 0. The number of nitrogens with zero attached hydrogens (tertiary/aromatic N) is 1. The number of hydrogen-bond acceptors (Lipinski definition) is 2. The Hall–Kier alpha value is -2.13. The van der Waals surface area contributed by atoms with Crippen LogP contribution < -0.4 is 0 Å². The zero-order chi connectivity index (χ0) is 14.4. The van der Waals surface area contributed by atoms with Crippen LogP contribution in [-0.2, 0) is 0 Å². The Bertz CT molecular complexity index is 594. The predicted molar refractivity (Wildman–Crippen MR) is 81.8 cm³/mol. The standard InChI is InChI=1S/C16H14ClNO2/c17-16(14-6-2-1-3-7-14)8-4-5-13-9-11-15(12-10-13)18(19)20/h1-7,9-12,16H,8H2/b5-4+. The van der Waals surface area contributed by atoms with Crippen molar-refractivity contribution in [1.82, 2.24) is 0 Å². The number of alkyl halides is 1. The van der Waals surface area contributed by atoms with E-state index in [-0.39, 0.29) is 11.1 Å². The van der Waals surface area contributed by atoms with Gasteiger partial charge in [-0.2, -0.15) is 0 Å². The quantitative estimate of drug-likeness (QED) is 0.442. The summed E-state index contributed by atoms with van der Waals surface area (Å²) in [5.41, 5.74) is 2.11. The van der Waals surface area contributed by atoms with Gasteiger partial charge in [-0.1, -0.05) is 42.5 Å². The van der Waals surface area contributed by atoms with Crippen molar-refractivity contribution in [1.29, 1.82) is 0 Å². The maximum absolute atomic E-state index is 10.5. The van der Waals surface area contributed by atoms with Crippen molar-refractivity contribution in [2.75, 3.05) is 0 Å². The summed E-state index contributed by atoms with van der Waals surface area (Å²) < 4.78 is 0. The molecule has 2 aromatic carbocycles. The van der Waals surface area contributed by atoms with Gasteiger partial charge in [0.15, 0.2) is 0 Å². The summed E-state index contributed by atoms with van der Waals surface area (Å²) >= 11 is 6.30. The second-order valence-corrected chi connectivity index (χ2v) is 4.89. The van der Waals surface area contributed by atoms with Gasteiger partial charge in [0.1, 0.15) is 0 Å². The Labute approximate surface area is 122 Å². The van der Waals surface area contributed by atoms with Crippen molar-refractivity contribution < 1.29 is 4.92 Å². The van der Waals surface area contributed by atoms with E-state index in [1.54, 1.807) is 12.1 Å². The molecule has 3 nitrogen and oxygen atoms in total. The molecule has 4 heteroatoms. The van der Waals surface area contributed by atoms with E-state index in [2.05, 4.69) is 0 Å². The number of non-ortho nitro benzene ring substituents is 1. The molecule has 0 saturated heterocycles. The lowest BCUT2D eigenvalue weighted by Gasteiger charge is -2.06. The van der Waals surface area contributed by atoms with Crippen LogP contribution in [0.25, 0.3) is 6.08 Å². The Kier molecular flexibility index (Phi) is 4.91. The number of allylic oxidation sites excluding steroid dienone is 1. The first-order valence-electron chi connectivity index (χ1n) is 6.27. The molecular weight excluding hydrogens is 274 g/mol. The third-order valence-corrected chi connectivity index (χ3v) is 3.35. The molecule has 0 aromatic heterocycles. The molecule has 0 fully saturated rings. The van der Waals surface area contributed by atoms with Crippen molar-refractivity contribution in [3.63, 3.8) is 0 Å². The molecule has 0 radical (unpaired) electrons. The van der Waals surface area contributed by atoms with Gasteiger partial charge in [-0.15, -0.1) is 11.6 Å². The molecule has 0 spiro atoms. The van der Waals surface area contributed by atoms with Crippen molar-refractivity contribution in [2.45, 2.75) is 11.8 Å². The number of nitro groups is 1. The molecule has 1 atom stereocenters. The highest BCUT2D eigenvalue weighted by Gasteiger charge is 2.05. The van der Waals surface area contributed by atoms with Crippen LogP contribution >= 0.6 is 11.6 Å². The zero-order valence-corrected chi connectivity index (χ0v) is 11.5. The Morgan fingerprint density at radius 2 is 1.75 bits per heavy atom. The van der Waals surface area contributed by atoms with Crippen LogP contribution in [0.3, 0.4) is 0 Å². The largest absolute Gasteiger partial charge is 0.269 e. The van der Waals surface area contributed by atoms with Crippen molar-refractivity contribution in [3.8, 4) is 0 Å². The fourth-order valence-electron chi connectivity index (χ4n) is 1.83. The first-order valence-corrected chi connectivity index (χ1v) is 6.70. The topological polar surface area (TPSA) is 43.1 Å². The lowest BCUT2D eigenvalue weighted by molar-refractivity contribution is -0.384. The van der Waals surface area contributed by atoms with Crippen molar-refractivity contribution >= 4 is 23.4 Å². The lowest BCUT2D eigenvalue weighted by atomic mass is 10.1. The fraction of sp³-hybridized carbons (Fsp3) is 0.125. The molecule has 0 aliphatic heterocycles. The Balaban J connectivity index is 1.95. The minimum Gasteiger partial charge on any atom is -0.258 e. The van der Waals surface area contributed by atoms with Gasteiger partial charge < -0.3 is 0 Å². The predicted octanol–water partition coefficient (Wildman–Crippen LogP) is 4.98. The number of nitro benzene ring substituents is 1. The van der Waals surface area contributed by atoms with E-state index in [0.29, 0.717) is 6.42 Å². The maximum atomic E-state index is 10.5. The zero-order valence-electron chi connectivity index (χ0n) is 10.8. The molecular formula is C16H14ClNO2. The summed E-state index contributed by atoms with van der Waals surface area (Å²) in [6.07, 6.45) is 4.61. The van der Waals surface area contributed by atoms with Gasteiger partial charge in [0.2, 0.25) is 0 Å². The van der Waals surface area contributed by atoms with Crippen molar-refractivity contribution in [3.05, 3.63) is 81.9 Å².